The second-order valence-corrected chi connectivity index (χ2v) is 4.37. The fraction of sp³-hybridized carbons (Fsp3) is 0.125. The topological polar surface area (TPSA) is 62.7 Å². The lowest BCUT2D eigenvalue weighted by Gasteiger charge is -2.09. The molecule has 0 radical (unpaired) electrons. The van der Waals surface area contributed by atoms with Gasteiger partial charge in [-0.15, -0.1) is 0 Å². The highest BCUT2D eigenvalue weighted by atomic mass is 19.1. The summed E-state index contributed by atoms with van der Waals surface area (Å²) in [6, 6.07) is 13.4. The first-order valence-corrected chi connectivity index (χ1v) is 6.64. The first kappa shape index (κ1) is 15.5. The number of halogens is 1. The van der Waals surface area contributed by atoms with Crippen molar-refractivity contribution in [1.82, 2.24) is 5.43 Å². The maximum Gasteiger partial charge on any atom is 0.259 e. The number of para-hydroxylation sites is 2. The Bertz CT molecular complexity index is 674. The van der Waals surface area contributed by atoms with E-state index in [0.29, 0.717) is 17.0 Å². The van der Waals surface area contributed by atoms with Crippen molar-refractivity contribution in [1.29, 1.82) is 0 Å². The molecule has 0 unspecified atom stereocenters. The number of rotatable bonds is 6. The molecular weight excluding hydrogens is 285 g/mol. The van der Waals surface area contributed by atoms with Crippen LogP contribution in [0.4, 0.5) is 10.1 Å². The number of hydrogen-bond donors (Lipinski definition) is 2. The molecule has 2 aromatic rings. The van der Waals surface area contributed by atoms with Gasteiger partial charge in [0, 0.05) is 5.56 Å². The molecule has 5 nitrogen and oxygen atoms in total. The van der Waals surface area contributed by atoms with E-state index in [1.165, 1.54) is 12.3 Å². The van der Waals surface area contributed by atoms with Crippen LogP contribution in [0.25, 0.3) is 0 Å². The molecule has 0 bridgehead atoms. The monoisotopic (exact) mass is 301 g/mol. The van der Waals surface area contributed by atoms with E-state index in [-0.39, 0.29) is 12.5 Å². The maximum absolute atomic E-state index is 13.3. The predicted molar refractivity (Wildman–Crippen MR) is 83.6 cm³/mol. The molecule has 1 amide bonds. The smallest absolute Gasteiger partial charge is 0.259 e. The Morgan fingerprint density at radius 3 is 2.73 bits per heavy atom. The molecule has 2 N–H and O–H groups in total. The van der Waals surface area contributed by atoms with E-state index >= 15 is 0 Å². The van der Waals surface area contributed by atoms with Crippen molar-refractivity contribution in [2.45, 2.75) is 0 Å². The molecule has 6 heteroatoms. The van der Waals surface area contributed by atoms with Gasteiger partial charge in [0.05, 0.1) is 25.6 Å². The molecule has 0 saturated heterocycles. The summed E-state index contributed by atoms with van der Waals surface area (Å²) in [5, 5.41) is 6.66. The summed E-state index contributed by atoms with van der Waals surface area (Å²) >= 11 is 0. The van der Waals surface area contributed by atoms with Crippen LogP contribution in [0.1, 0.15) is 5.56 Å². The van der Waals surface area contributed by atoms with E-state index in [1.807, 2.05) is 12.1 Å². The number of carbonyl (C=O) groups is 1. The molecule has 0 aliphatic carbocycles. The minimum Gasteiger partial charge on any atom is -0.495 e. The van der Waals surface area contributed by atoms with Gasteiger partial charge < -0.3 is 10.1 Å². The van der Waals surface area contributed by atoms with Crippen LogP contribution >= 0.6 is 0 Å². The Kier molecular flexibility index (Phi) is 5.48. The molecule has 0 aromatic heterocycles. The third-order valence-electron chi connectivity index (χ3n) is 2.84. The van der Waals surface area contributed by atoms with E-state index in [2.05, 4.69) is 15.8 Å². The minimum atomic E-state index is -0.396. The standard InChI is InChI=1S/C16H16FN3O2/c1-22-15-9-5-4-8-14(15)18-11-16(21)20-19-10-12-6-2-3-7-13(12)17/h2-10,18H,11H2,1H3,(H,20,21)/b19-10+. The number of ether oxygens (including phenoxy) is 1. The Hall–Kier alpha value is -2.89. The van der Waals surface area contributed by atoms with E-state index in [4.69, 9.17) is 4.74 Å². The maximum atomic E-state index is 13.3. The summed E-state index contributed by atoms with van der Waals surface area (Å²) in [6.07, 6.45) is 1.26. The van der Waals surface area contributed by atoms with E-state index in [1.54, 1.807) is 37.4 Å². The number of anilines is 1. The third kappa shape index (κ3) is 4.31. The van der Waals surface area contributed by atoms with Gasteiger partial charge >= 0.3 is 0 Å². The molecule has 0 heterocycles. The zero-order valence-electron chi connectivity index (χ0n) is 12.0. The van der Waals surface area contributed by atoms with E-state index in [0.717, 1.165) is 0 Å². The van der Waals surface area contributed by atoms with Crippen LogP contribution in [0.3, 0.4) is 0 Å². The lowest BCUT2D eigenvalue weighted by Crippen LogP contribution is -2.26. The number of amides is 1. The minimum absolute atomic E-state index is 0.0228. The third-order valence-corrected chi connectivity index (χ3v) is 2.84. The van der Waals surface area contributed by atoms with Gasteiger partial charge in [-0.2, -0.15) is 5.10 Å². The molecule has 0 spiro atoms. The largest absolute Gasteiger partial charge is 0.495 e. The molecule has 114 valence electrons. The summed E-state index contributed by atoms with van der Waals surface area (Å²) in [6.45, 7) is 0.0228. The van der Waals surface area contributed by atoms with Gasteiger partial charge in [-0.3, -0.25) is 4.79 Å². The molecule has 0 atom stereocenters. The Morgan fingerprint density at radius 2 is 1.95 bits per heavy atom. The van der Waals surface area contributed by atoms with Gasteiger partial charge in [0.25, 0.3) is 5.91 Å². The lowest BCUT2D eigenvalue weighted by atomic mass is 10.2. The molecular formula is C16H16FN3O2. The molecule has 0 saturated carbocycles. The van der Waals surface area contributed by atoms with Gasteiger partial charge in [-0.25, -0.2) is 9.82 Å². The summed E-state index contributed by atoms with van der Waals surface area (Å²) in [4.78, 5) is 11.7. The van der Waals surface area contributed by atoms with Crippen LogP contribution in [-0.2, 0) is 4.79 Å². The molecule has 0 aliphatic heterocycles. The van der Waals surface area contributed by atoms with Crippen LogP contribution in [0.5, 0.6) is 5.75 Å². The number of nitrogens with zero attached hydrogens (tertiary/aromatic N) is 1. The number of hydrogen-bond acceptors (Lipinski definition) is 4. The van der Waals surface area contributed by atoms with Crippen molar-refractivity contribution in [3.63, 3.8) is 0 Å². The van der Waals surface area contributed by atoms with E-state index in [9.17, 15) is 9.18 Å². The second-order valence-electron chi connectivity index (χ2n) is 4.37. The number of nitrogens with one attached hydrogen (secondary N) is 2. The number of benzene rings is 2. The highest BCUT2D eigenvalue weighted by Crippen LogP contribution is 2.22. The van der Waals surface area contributed by atoms with Gasteiger partial charge in [0.2, 0.25) is 0 Å². The fourth-order valence-electron chi connectivity index (χ4n) is 1.76. The van der Waals surface area contributed by atoms with Crippen molar-refractivity contribution in [3.05, 3.63) is 59.9 Å². The second kappa shape index (κ2) is 7.78. The summed E-state index contributed by atoms with van der Waals surface area (Å²) < 4.78 is 18.5. The van der Waals surface area contributed by atoms with Crippen LogP contribution in [-0.4, -0.2) is 25.8 Å². The Balaban J connectivity index is 1.85. The summed E-state index contributed by atoms with van der Waals surface area (Å²) in [7, 11) is 1.55. The number of methoxy groups -OCH3 is 1. The number of carbonyl (C=O) groups excluding carboxylic acids is 1. The fourth-order valence-corrected chi connectivity index (χ4v) is 1.76. The quantitative estimate of drug-likeness (QED) is 0.636. The zero-order chi connectivity index (χ0) is 15.8. The van der Waals surface area contributed by atoms with Crippen molar-refractivity contribution in [3.8, 4) is 5.75 Å². The predicted octanol–water partition coefficient (Wildman–Crippen LogP) is 2.40. The number of hydrazone groups is 1. The molecule has 2 rings (SSSR count). The zero-order valence-corrected chi connectivity index (χ0v) is 12.0. The molecule has 22 heavy (non-hydrogen) atoms. The van der Waals surface area contributed by atoms with Crippen molar-refractivity contribution in [2.75, 3.05) is 19.0 Å². The first-order valence-electron chi connectivity index (χ1n) is 6.64. The molecule has 0 aliphatic rings. The highest BCUT2D eigenvalue weighted by Gasteiger charge is 2.04. The highest BCUT2D eigenvalue weighted by molar-refractivity contribution is 5.84. The van der Waals surface area contributed by atoms with Crippen LogP contribution in [0.2, 0.25) is 0 Å². The average molecular weight is 301 g/mol. The van der Waals surface area contributed by atoms with Crippen LogP contribution in [0, 0.1) is 5.82 Å². The SMILES string of the molecule is COc1ccccc1NCC(=O)N/N=C/c1ccccc1F. The summed E-state index contributed by atoms with van der Waals surface area (Å²) in [5.74, 6) is -0.101. The van der Waals surface area contributed by atoms with Gasteiger partial charge in [0.15, 0.2) is 0 Å². The Morgan fingerprint density at radius 1 is 1.23 bits per heavy atom. The van der Waals surface area contributed by atoms with Gasteiger partial charge in [-0.1, -0.05) is 30.3 Å². The van der Waals surface area contributed by atoms with E-state index < -0.39 is 5.82 Å². The Labute approximate surface area is 127 Å². The summed E-state index contributed by atoms with van der Waals surface area (Å²) in [5.41, 5.74) is 3.34. The lowest BCUT2D eigenvalue weighted by molar-refractivity contribution is -0.119. The first-order chi connectivity index (χ1) is 10.7. The van der Waals surface area contributed by atoms with Gasteiger partial charge in [-0.05, 0) is 18.2 Å². The van der Waals surface area contributed by atoms with Crippen molar-refractivity contribution >= 4 is 17.8 Å². The van der Waals surface area contributed by atoms with Crippen LogP contribution < -0.4 is 15.5 Å². The van der Waals surface area contributed by atoms with Crippen molar-refractivity contribution < 1.29 is 13.9 Å². The van der Waals surface area contributed by atoms with Gasteiger partial charge in [0.1, 0.15) is 11.6 Å². The molecule has 2 aromatic carbocycles. The average Bonchev–Trinajstić information content (AvgIpc) is 2.55. The van der Waals surface area contributed by atoms with Crippen molar-refractivity contribution in [2.24, 2.45) is 5.10 Å². The normalized spacial score (nSPS) is 10.5. The molecule has 0 fully saturated rings. The van der Waals surface area contributed by atoms with Crippen LogP contribution in [0.15, 0.2) is 53.6 Å².